The number of hydrogen-bond donors (Lipinski definition) is 0. The van der Waals surface area contributed by atoms with E-state index in [1.165, 1.54) is 6.92 Å². The Balaban J connectivity index is 4.87. The van der Waals surface area contributed by atoms with Crippen LogP contribution in [-0.4, -0.2) is 25.1 Å². The number of Topliss-reactive ketones (excluding diaryl/α,β-unsaturated/α-hetero) is 1. The van der Waals surface area contributed by atoms with Crippen molar-refractivity contribution in [1.82, 2.24) is 0 Å². The topological polar surface area (TPSA) is 61.8 Å². The Labute approximate surface area is 161 Å². The number of hydrogen-bond acceptors (Lipinski definition) is 5. The molecule has 0 spiro atoms. The van der Waals surface area contributed by atoms with Gasteiger partial charge >= 0.3 is 7.82 Å². The summed E-state index contributed by atoms with van der Waals surface area (Å²) in [4.78, 5) is 11.5. The van der Waals surface area contributed by atoms with E-state index in [1.54, 1.807) is 6.92 Å². The first-order valence-electron chi connectivity index (χ1n) is 10.4. The van der Waals surface area contributed by atoms with Crippen molar-refractivity contribution in [3.8, 4) is 0 Å². The summed E-state index contributed by atoms with van der Waals surface area (Å²) in [6, 6.07) is 0. The molecular formula is C20H41O5P. The fourth-order valence-corrected chi connectivity index (χ4v) is 4.07. The molecule has 0 aromatic rings. The highest BCUT2D eigenvalue weighted by Crippen LogP contribution is 2.51. The standard InChI is InChI=1S/C20H41O5P/c1-7-11-13-19(9-3)15-23-26(22,25-18(6)17(5)21)24-16-20(10-4)14-12-8-2/h18-20H,7-16H2,1-6H3. The summed E-state index contributed by atoms with van der Waals surface area (Å²) in [5.41, 5.74) is 0. The third-order valence-corrected chi connectivity index (χ3v) is 6.39. The van der Waals surface area contributed by atoms with Gasteiger partial charge in [0.1, 0.15) is 6.10 Å². The first-order valence-corrected chi connectivity index (χ1v) is 11.9. The summed E-state index contributed by atoms with van der Waals surface area (Å²) in [6.07, 6.45) is 7.65. The summed E-state index contributed by atoms with van der Waals surface area (Å²) in [6.45, 7) is 12.2. The molecule has 156 valence electrons. The van der Waals surface area contributed by atoms with Gasteiger partial charge in [-0.1, -0.05) is 66.2 Å². The maximum atomic E-state index is 13.1. The molecule has 26 heavy (non-hydrogen) atoms. The highest BCUT2D eigenvalue weighted by atomic mass is 31.2. The maximum absolute atomic E-state index is 13.1. The third kappa shape index (κ3) is 11.5. The zero-order valence-corrected chi connectivity index (χ0v) is 18.7. The fraction of sp³-hybridized carbons (Fsp3) is 0.950. The highest BCUT2D eigenvalue weighted by molar-refractivity contribution is 7.48. The largest absolute Gasteiger partial charge is 0.475 e. The molecule has 0 aromatic carbocycles. The minimum Gasteiger partial charge on any atom is -0.297 e. The number of ketones is 1. The van der Waals surface area contributed by atoms with Crippen LogP contribution in [0.5, 0.6) is 0 Å². The minimum atomic E-state index is -3.75. The van der Waals surface area contributed by atoms with Crippen LogP contribution < -0.4 is 0 Å². The van der Waals surface area contributed by atoms with Crippen molar-refractivity contribution in [2.24, 2.45) is 11.8 Å². The van der Waals surface area contributed by atoms with Gasteiger partial charge in [0.25, 0.3) is 0 Å². The Morgan fingerprint density at radius 3 is 1.62 bits per heavy atom. The molecule has 3 unspecified atom stereocenters. The van der Waals surface area contributed by atoms with Crippen molar-refractivity contribution in [3.05, 3.63) is 0 Å². The second-order valence-electron chi connectivity index (χ2n) is 7.23. The van der Waals surface area contributed by atoms with Gasteiger partial charge in [-0.15, -0.1) is 0 Å². The normalized spacial score (nSPS) is 17.5. The molecule has 0 saturated heterocycles. The van der Waals surface area contributed by atoms with Gasteiger partial charge in [-0.2, -0.15) is 0 Å². The van der Waals surface area contributed by atoms with Crippen LogP contribution >= 0.6 is 7.82 Å². The van der Waals surface area contributed by atoms with E-state index < -0.39 is 13.9 Å². The summed E-state index contributed by atoms with van der Waals surface area (Å²) in [5.74, 6) is 0.462. The predicted molar refractivity (Wildman–Crippen MR) is 107 cm³/mol. The molecule has 0 aliphatic heterocycles. The second-order valence-corrected chi connectivity index (χ2v) is 8.85. The molecule has 0 radical (unpaired) electrons. The molecule has 0 aliphatic carbocycles. The Kier molecular flexibility index (Phi) is 14.7. The number of rotatable bonds is 17. The summed E-state index contributed by atoms with van der Waals surface area (Å²) in [5, 5.41) is 0. The van der Waals surface area contributed by atoms with Crippen molar-refractivity contribution in [2.45, 2.75) is 99.0 Å². The number of carbonyl (C=O) groups excluding carboxylic acids is 1. The first-order chi connectivity index (χ1) is 12.3. The lowest BCUT2D eigenvalue weighted by molar-refractivity contribution is -0.124. The molecule has 0 rings (SSSR count). The van der Waals surface area contributed by atoms with Gasteiger partial charge < -0.3 is 0 Å². The number of phosphoric ester groups is 1. The van der Waals surface area contributed by atoms with Crippen LogP contribution in [0.1, 0.15) is 92.9 Å². The molecule has 0 bridgehead atoms. The predicted octanol–water partition coefficient (Wildman–Crippen LogP) is 6.55. The van der Waals surface area contributed by atoms with Crippen LogP contribution in [0, 0.1) is 11.8 Å². The van der Waals surface area contributed by atoms with Crippen LogP contribution in [0.25, 0.3) is 0 Å². The number of unbranched alkanes of at least 4 members (excludes halogenated alkanes) is 2. The molecule has 0 heterocycles. The molecule has 6 heteroatoms. The lowest BCUT2D eigenvalue weighted by atomic mass is 10.0. The van der Waals surface area contributed by atoms with Crippen molar-refractivity contribution in [1.29, 1.82) is 0 Å². The Morgan fingerprint density at radius 1 is 0.885 bits per heavy atom. The molecule has 5 nitrogen and oxygen atoms in total. The molecule has 3 atom stereocenters. The molecule has 0 fully saturated rings. The van der Waals surface area contributed by atoms with Gasteiger partial charge in [-0.3, -0.25) is 18.4 Å². The molecule has 0 amide bonds. The first kappa shape index (κ1) is 25.8. The quantitative estimate of drug-likeness (QED) is 0.262. The monoisotopic (exact) mass is 392 g/mol. The lowest BCUT2D eigenvalue weighted by Crippen LogP contribution is -2.20. The SMILES string of the molecule is CCCCC(CC)COP(=O)(OCC(CC)CCCC)OC(C)C(C)=O. The van der Waals surface area contributed by atoms with Crippen LogP contribution in [0.3, 0.4) is 0 Å². The fourth-order valence-electron chi connectivity index (χ4n) is 2.56. The summed E-state index contributed by atoms with van der Waals surface area (Å²) < 4.78 is 29.9. The van der Waals surface area contributed by atoms with Crippen LogP contribution in [-0.2, 0) is 22.9 Å². The van der Waals surface area contributed by atoms with Crippen molar-refractivity contribution in [2.75, 3.05) is 13.2 Å². The third-order valence-electron chi connectivity index (χ3n) is 4.88. The molecule has 0 aromatic heterocycles. The van der Waals surface area contributed by atoms with Crippen LogP contribution in [0.15, 0.2) is 0 Å². The Hall–Kier alpha value is -0.220. The Bertz CT molecular complexity index is 389. The molecule has 0 saturated carbocycles. The average molecular weight is 393 g/mol. The van der Waals surface area contributed by atoms with E-state index >= 15 is 0 Å². The molecular weight excluding hydrogens is 351 g/mol. The minimum absolute atomic E-state index is 0.187. The van der Waals surface area contributed by atoms with Crippen molar-refractivity contribution < 1.29 is 22.9 Å². The molecule has 0 N–H and O–H groups in total. The van der Waals surface area contributed by atoms with Crippen molar-refractivity contribution in [3.63, 3.8) is 0 Å². The zero-order valence-electron chi connectivity index (χ0n) is 17.8. The van der Waals surface area contributed by atoms with Gasteiger partial charge in [0.2, 0.25) is 0 Å². The van der Waals surface area contributed by atoms with Crippen LogP contribution in [0.2, 0.25) is 0 Å². The van der Waals surface area contributed by atoms with E-state index in [9.17, 15) is 9.36 Å². The van der Waals surface area contributed by atoms with Gasteiger partial charge in [-0.05, 0) is 38.5 Å². The van der Waals surface area contributed by atoms with E-state index in [1.807, 2.05) is 0 Å². The average Bonchev–Trinajstić information content (AvgIpc) is 2.62. The van der Waals surface area contributed by atoms with Gasteiger partial charge in [-0.25, -0.2) is 4.57 Å². The van der Waals surface area contributed by atoms with Gasteiger partial charge in [0.15, 0.2) is 5.78 Å². The smallest absolute Gasteiger partial charge is 0.297 e. The summed E-state index contributed by atoms with van der Waals surface area (Å²) >= 11 is 0. The van der Waals surface area contributed by atoms with E-state index in [0.717, 1.165) is 51.4 Å². The van der Waals surface area contributed by atoms with E-state index in [-0.39, 0.29) is 5.78 Å². The molecule has 0 aliphatic rings. The number of carbonyl (C=O) groups is 1. The number of phosphoric acid groups is 1. The highest BCUT2D eigenvalue weighted by Gasteiger charge is 2.32. The van der Waals surface area contributed by atoms with Crippen molar-refractivity contribution >= 4 is 13.6 Å². The maximum Gasteiger partial charge on any atom is 0.475 e. The van der Waals surface area contributed by atoms with Gasteiger partial charge in [0, 0.05) is 0 Å². The van der Waals surface area contributed by atoms with E-state index in [4.69, 9.17) is 13.6 Å². The lowest BCUT2D eigenvalue weighted by Gasteiger charge is -2.25. The van der Waals surface area contributed by atoms with Gasteiger partial charge in [0.05, 0.1) is 13.2 Å². The summed E-state index contributed by atoms with van der Waals surface area (Å²) in [7, 11) is -3.75. The Morgan fingerprint density at radius 2 is 1.31 bits per heavy atom. The van der Waals surface area contributed by atoms with Crippen LogP contribution in [0.4, 0.5) is 0 Å². The second kappa shape index (κ2) is 14.8. The van der Waals surface area contributed by atoms with E-state index in [2.05, 4.69) is 27.7 Å². The van der Waals surface area contributed by atoms with E-state index in [0.29, 0.717) is 25.0 Å². The zero-order chi connectivity index (χ0) is 20.0.